The summed E-state index contributed by atoms with van der Waals surface area (Å²) in [5, 5.41) is 8.52. The topological polar surface area (TPSA) is 93.9 Å². The molecule has 186 valence electrons. The van der Waals surface area contributed by atoms with Crippen molar-refractivity contribution in [1.29, 1.82) is 0 Å². The second-order valence-corrected chi connectivity index (χ2v) is 8.94. The number of halogens is 1. The Kier molecular flexibility index (Phi) is 7.97. The van der Waals surface area contributed by atoms with Crippen LogP contribution in [0.4, 0.5) is 5.69 Å². The maximum atomic E-state index is 12.6. The number of anilines is 1. The molecular formula is C25H24ClN5O4S. The van der Waals surface area contributed by atoms with Gasteiger partial charge in [-0.1, -0.05) is 17.7 Å². The molecule has 0 aliphatic heterocycles. The number of aryl methyl sites for hydroxylation is 1. The molecule has 0 bridgehead atoms. The van der Waals surface area contributed by atoms with Crippen LogP contribution in [0.1, 0.15) is 17.2 Å². The first-order valence-electron chi connectivity index (χ1n) is 10.8. The Morgan fingerprint density at radius 2 is 1.94 bits per heavy atom. The van der Waals surface area contributed by atoms with E-state index in [0.29, 0.717) is 56.8 Å². The fourth-order valence-corrected chi connectivity index (χ4v) is 4.67. The molecule has 0 saturated carbocycles. The van der Waals surface area contributed by atoms with Gasteiger partial charge < -0.3 is 18.8 Å². The summed E-state index contributed by atoms with van der Waals surface area (Å²) in [7, 11) is 3.17. The van der Waals surface area contributed by atoms with Crippen molar-refractivity contribution < 1.29 is 13.9 Å². The highest BCUT2D eigenvalue weighted by atomic mass is 35.5. The molecule has 0 radical (unpaired) electrons. The molecular weight excluding hydrogens is 502 g/mol. The van der Waals surface area contributed by atoms with E-state index in [1.165, 1.54) is 22.2 Å². The van der Waals surface area contributed by atoms with Crippen molar-refractivity contribution in [3.8, 4) is 11.5 Å². The standard InChI is InChI=1S/C25H24ClN5O4S/c1-16-8-10-21(35-16)25(29-27-2)31(24-19(33-3)6-5-7-20(24)34-4)15-36-14-18-12-23(32)30-13-17(26)9-11-22(30)28-18/h5-13H,2,14-15H2,1,3-4H3/b29-25-. The van der Waals surface area contributed by atoms with Crippen LogP contribution in [-0.2, 0) is 5.75 Å². The zero-order valence-corrected chi connectivity index (χ0v) is 21.5. The Morgan fingerprint density at radius 1 is 1.19 bits per heavy atom. The number of thioether (sulfide) groups is 1. The molecule has 0 aliphatic rings. The second kappa shape index (κ2) is 11.3. The number of ether oxygens (including phenoxy) is 2. The molecule has 0 saturated heterocycles. The van der Waals surface area contributed by atoms with Crippen LogP contribution in [0.25, 0.3) is 5.65 Å². The van der Waals surface area contributed by atoms with Gasteiger partial charge in [0.05, 0.1) is 30.8 Å². The molecule has 0 amide bonds. The SMILES string of the molecule is C=N/N=C(/c1ccc(C)o1)N(CSCc1cc(=O)n2cc(Cl)ccc2n1)c1c(OC)cccc1OC. The van der Waals surface area contributed by atoms with Crippen molar-refractivity contribution in [1.82, 2.24) is 9.38 Å². The van der Waals surface area contributed by atoms with Crippen LogP contribution in [0.5, 0.6) is 11.5 Å². The lowest BCUT2D eigenvalue weighted by molar-refractivity contribution is 0.396. The highest BCUT2D eigenvalue weighted by Gasteiger charge is 2.26. The molecule has 0 atom stereocenters. The predicted octanol–water partition coefficient (Wildman–Crippen LogP) is 5.03. The van der Waals surface area contributed by atoms with Crippen molar-refractivity contribution in [3.63, 3.8) is 0 Å². The first-order chi connectivity index (χ1) is 17.4. The van der Waals surface area contributed by atoms with E-state index in [-0.39, 0.29) is 5.56 Å². The van der Waals surface area contributed by atoms with Crippen LogP contribution in [0.15, 0.2) is 74.1 Å². The molecule has 0 N–H and O–H groups in total. The molecule has 36 heavy (non-hydrogen) atoms. The maximum absolute atomic E-state index is 12.6. The van der Waals surface area contributed by atoms with Crippen LogP contribution >= 0.6 is 23.4 Å². The van der Waals surface area contributed by atoms with Crippen molar-refractivity contribution in [3.05, 3.63) is 87.3 Å². The van der Waals surface area contributed by atoms with Crippen LogP contribution < -0.4 is 19.9 Å². The minimum absolute atomic E-state index is 0.203. The molecule has 0 spiro atoms. The molecule has 11 heteroatoms. The third kappa shape index (κ3) is 5.39. The summed E-state index contributed by atoms with van der Waals surface area (Å²) in [6, 6.07) is 14.1. The predicted molar refractivity (Wildman–Crippen MR) is 144 cm³/mol. The zero-order valence-electron chi connectivity index (χ0n) is 20.0. The highest BCUT2D eigenvalue weighted by molar-refractivity contribution is 7.98. The van der Waals surface area contributed by atoms with Gasteiger partial charge in [0.25, 0.3) is 5.56 Å². The lowest BCUT2D eigenvalue weighted by atomic mass is 10.2. The number of methoxy groups -OCH3 is 2. The first kappa shape index (κ1) is 25.3. The van der Waals surface area contributed by atoms with Gasteiger partial charge in [-0.3, -0.25) is 9.20 Å². The van der Waals surface area contributed by atoms with Gasteiger partial charge in [-0.2, -0.15) is 5.10 Å². The first-order valence-corrected chi connectivity index (χ1v) is 12.3. The van der Waals surface area contributed by atoms with Crippen LogP contribution in [0.2, 0.25) is 5.02 Å². The quantitative estimate of drug-likeness (QED) is 0.131. The summed E-state index contributed by atoms with van der Waals surface area (Å²) in [5.74, 6) is 3.65. The van der Waals surface area contributed by atoms with Gasteiger partial charge in [0.15, 0.2) is 11.6 Å². The van der Waals surface area contributed by atoms with Gasteiger partial charge in [-0.05, 0) is 43.3 Å². The third-order valence-electron chi connectivity index (χ3n) is 5.20. The molecule has 4 aromatic rings. The Balaban J connectivity index is 1.70. The summed E-state index contributed by atoms with van der Waals surface area (Å²) in [4.78, 5) is 19.1. The van der Waals surface area contributed by atoms with E-state index in [9.17, 15) is 4.79 Å². The van der Waals surface area contributed by atoms with E-state index in [1.807, 2.05) is 42.2 Å². The summed E-state index contributed by atoms with van der Waals surface area (Å²) in [6.07, 6.45) is 1.55. The largest absolute Gasteiger partial charge is 0.494 e. The van der Waals surface area contributed by atoms with Gasteiger partial charge in [0.1, 0.15) is 28.6 Å². The van der Waals surface area contributed by atoms with E-state index < -0.39 is 0 Å². The smallest absolute Gasteiger partial charge is 0.258 e. The Hall–Kier alpha value is -3.76. The number of furan rings is 1. The van der Waals surface area contributed by atoms with Gasteiger partial charge in [0, 0.05) is 24.7 Å². The maximum Gasteiger partial charge on any atom is 0.258 e. The molecule has 1 aromatic carbocycles. The van der Waals surface area contributed by atoms with Gasteiger partial charge in [-0.25, -0.2) is 4.98 Å². The second-order valence-electron chi connectivity index (χ2n) is 7.55. The Labute approximate surface area is 217 Å². The molecule has 3 aromatic heterocycles. The van der Waals surface area contributed by atoms with E-state index in [0.717, 1.165) is 5.76 Å². The lowest BCUT2D eigenvalue weighted by Crippen LogP contribution is -2.32. The number of nitrogens with zero attached hydrogens (tertiary/aromatic N) is 5. The summed E-state index contributed by atoms with van der Waals surface area (Å²) in [6.45, 7) is 5.38. The van der Waals surface area contributed by atoms with E-state index in [4.69, 9.17) is 25.5 Å². The highest BCUT2D eigenvalue weighted by Crippen LogP contribution is 2.39. The van der Waals surface area contributed by atoms with Crippen LogP contribution in [0, 0.1) is 6.92 Å². The van der Waals surface area contributed by atoms with Crippen molar-refractivity contribution >= 4 is 47.3 Å². The molecule has 3 heterocycles. The van der Waals surface area contributed by atoms with Crippen LogP contribution in [0.3, 0.4) is 0 Å². The van der Waals surface area contributed by atoms with Crippen molar-refractivity contribution in [2.75, 3.05) is 25.0 Å². The van der Waals surface area contributed by atoms with Gasteiger partial charge in [0.2, 0.25) is 0 Å². The average Bonchev–Trinajstić information content (AvgIpc) is 3.31. The average molecular weight is 526 g/mol. The summed E-state index contributed by atoms with van der Waals surface area (Å²) < 4.78 is 18.6. The number of aromatic nitrogens is 2. The number of hydrogen-bond donors (Lipinski definition) is 0. The monoisotopic (exact) mass is 525 g/mol. The Morgan fingerprint density at radius 3 is 2.58 bits per heavy atom. The molecule has 9 nitrogen and oxygen atoms in total. The lowest BCUT2D eigenvalue weighted by Gasteiger charge is -2.27. The fourth-order valence-electron chi connectivity index (χ4n) is 3.63. The number of para-hydroxylation sites is 1. The van der Waals surface area contributed by atoms with Crippen molar-refractivity contribution in [2.24, 2.45) is 10.2 Å². The molecule has 0 fully saturated rings. The number of fused-ring (bicyclic) bond motifs is 1. The van der Waals surface area contributed by atoms with E-state index in [1.54, 1.807) is 32.5 Å². The molecule has 0 unspecified atom stereocenters. The summed E-state index contributed by atoms with van der Waals surface area (Å²) in [5.41, 5.74) is 1.60. The number of rotatable bonds is 9. The zero-order chi connectivity index (χ0) is 25.7. The normalized spacial score (nSPS) is 11.5. The number of benzene rings is 1. The van der Waals surface area contributed by atoms with Crippen LogP contribution in [-0.4, -0.2) is 42.0 Å². The number of pyridine rings is 1. The van der Waals surface area contributed by atoms with Crippen molar-refractivity contribution in [2.45, 2.75) is 12.7 Å². The van der Waals surface area contributed by atoms with E-state index >= 15 is 0 Å². The minimum Gasteiger partial charge on any atom is -0.494 e. The van der Waals surface area contributed by atoms with Gasteiger partial charge in [-0.15, -0.1) is 16.9 Å². The summed E-state index contributed by atoms with van der Waals surface area (Å²) >= 11 is 7.53. The molecule has 0 aliphatic carbocycles. The third-order valence-corrected chi connectivity index (χ3v) is 6.36. The van der Waals surface area contributed by atoms with Gasteiger partial charge >= 0.3 is 0 Å². The molecule has 4 rings (SSSR count). The fraction of sp³-hybridized carbons (Fsp3) is 0.200. The number of hydrogen-bond acceptors (Lipinski definition) is 8. The van der Waals surface area contributed by atoms with E-state index in [2.05, 4.69) is 21.9 Å². The Bertz CT molecular complexity index is 1460. The minimum atomic E-state index is -0.203. The number of amidine groups is 1.